The first kappa shape index (κ1) is 12.6. The number of alkyl halides is 3. The van der Waals surface area contributed by atoms with Crippen LogP contribution in [0.3, 0.4) is 0 Å². The molecule has 2 rings (SSSR count). The van der Waals surface area contributed by atoms with Gasteiger partial charge in [0.05, 0.1) is 6.33 Å². The Morgan fingerprint density at radius 3 is 2.78 bits per heavy atom. The van der Waals surface area contributed by atoms with Crippen molar-refractivity contribution in [1.82, 2.24) is 19.9 Å². The molecule has 2 N–H and O–H groups in total. The van der Waals surface area contributed by atoms with Crippen molar-refractivity contribution in [2.75, 3.05) is 11.9 Å². The second-order valence-electron chi connectivity index (χ2n) is 3.82. The number of rotatable bonds is 5. The number of unbranched alkanes of at least 4 members (excludes halogenated alkanes) is 1. The highest BCUT2D eigenvalue weighted by molar-refractivity contribution is 5.81. The molecule has 0 bridgehead atoms. The molecule has 0 aromatic carbocycles. The van der Waals surface area contributed by atoms with E-state index in [0.29, 0.717) is 29.9 Å². The van der Waals surface area contributed by atoms with E-state index in [2.05, 4.69) is 25.3 Å². The maximum Gasteiger partial charge on any atom is 0.389 e. The lowest BCUT2D eigenvalue weighted by atomic mass is 10.2. The van der Waals surface area contributed by atoms with Crippen LogP contribution in [-0.4, -0.2) is 32.7 Å². The first-order valence-corrected chi connectivity index (χ1v) is 5.51. The van der Waals surface area contributed by atoms with Gasteiger partial charge < -0.3 is 10.3 Å². The van der Waals surface area contributed by atoms with E-state index in [1.54, 1.807) is 0 Å². The molecule has 0 atom stereocenters. The Hall–Kier alpha value is -1.86. The van der Waals surface area contributed by atoms with E-state index in [1.165, 1.54) is 12.7 Å². The Bertz CT molecular complexity index is 507. The van der Waals surface area contributed by atoms with Crippen molar-refractivity contribution in [2.45, 2.75) is 25.4 Å². The number of aromatic nitrogens is 4. The molecule has 98 valence electrons. The van der Waals surface area contributed by atoms with Crippen molar-refractivity contribution in [3.05, 3.63) is 12.7 Å². The molecule has 0 fully saturated rings. The molecular weight excluding hydrogens is 247 g/mol. The van der Waals surface area contributed by atoms with Crippen LogP contribution in [0.5, 0.6) is 0 Å². The van der Waals surface area contributed by atoms with Gasteiger partial charge in [0.15, 0.2) is 11.5 Å². The van der Waals surface area contributed by atoms with E-state index < -0.39 is 12.6 Å². The summed E-state index contributed by atoms with van der Waals surface area (Å²) in [5, 5.41) is 2.97. The lowest BCUT2D eigenvalue weighted by Gasteiger charge is -2.07. The van der Waals surface area contributed by atoms with Crippen LogP contribution in [0.2, 0.25) is 0 Å². The van der Waals surface area contributed by atoms with E-state index in [4.69, 9.17) is 0 Å². The van der Waals surface area contributed by atoms with Gasteiger partial charge in [0.25, 0.3) is 0 Å². The molecule has 0 saturated carbocycles. The summed E-state index contributed by atoms with van der Waals surface area (Å²) in [5.74, 6) is 0.560. The maximum atomic E-state index is 11.9. The largest absolute Gasteiger partial charge is 0.389 e. The minimum absolute atomic E-state index is 0.105. The van der Waals surface area contributed by atoms with Crippen LogP contribution in [0, 0.1) is 0 Å². The van der Waals surface area contributed by atoms with Gasteiger partial charge >= 0.3 is 6.18 Å². The van der Waals surface area contributed by atoms with Gasteiger partial charge in [-0.1, -0.05) is 0 Å². The van der Waals surface area contributed by atoms with E-state index in [-0.39, 0.29) is 6.42 Å². The molecule has 0 aliphatic rings. The Morgan fingerprint density at radius 1 is 1.17 bits per heavy atom. The van der Waals surface area contributed by atoms with Crippen LogP contribution in [0.4, 0.5) is 19.0 Å². The van der Waals surface area contributed by atoms with Crippen molar-refractivity contribution in [3.8, 4) is 0 Å². The molecule has 8 heteroatoms. The summed E-state index contributed by atoms with van der Waals surface area (Å²) >= 11 is 0. The molecule has 0 radical (unpaired) electrons. The van der Waals surface area contributed by atoms with Crippen molar-refractivity contribution in [3.63, 3.8) is 0 Å². The average Bonchev–Trinajstić information content (AvgIpc) is 2.75. The number of fused-ring (bicyclic) bond motifs is 1. The summed E-state index contributed by atoms with van der Waals surface area (Å²) in [7, 11) is 0. The fourth-order valence-corrected chi connectivity index (χ4v) is 1.56. The van der Waals surface area contributed by atoms with Crippen LogP contribution in [-0.2, 0) is 0 Å². The van der Waals surface area contributed by atoms with Gasteiger partial charge in [-0.15, -0.1) is 0 Å². The molecule has 0 saturated heterocycles. The third-order valence-electron chi connectivity index (χ3n) is 2.40. The van der Waals surface area contributed by atoms with E-state index >= 15 is 0 Å². The molecule has 18 heavy (non-hydrogen) atoms. The molecule has 2 heterocycles. The summed E-state index contributed by atoms with van der Waals surface area (Å²) in [6.07, 6.45) is -1.44. The number of anilines is 1. The summed E-state index contributed by atoms with van der Waals surface area (Å²) in [6.45, 7) is 0.432. The topological polar surface area (TPSA) is 66.5 Å². The maximum absolute atomic E-state index is 11.9. The Labute approximate surface area is 101 Å². The number of imidazole rings is 1. The zero-order valence-electron chi connectivity index (χ0n) is 9.46. The van der Waals surface area contributed by atoms with Crippen molar-refractivity contribution in [2.24, 2.45) is 0 Å². The number of hydrogen-bond acceptors (Lipinski definition) is 4. The molecular formula is C10H12F3N5. The predicted octanol–water partition coefficient (Wildman–Crippen LogP) is 2.50. The van der Waals surface area contributed by atoms with Gasteiger partial charge in [0.1, 0.15) is 11.8 Å². The molecule has 0 aliphatic heterocycles. The first-order valence-electron chi connectivity index (χ1n) is 5.51. The van der Waals surface area contributed by atoms with Crippen molar-refractivity contribution < 1.29 is 13.2 Å². The Morgan fingerprint density at radius 2 is 2.00 bits per heavy atom. The SMILES string of the molecule is FC(F)(F)CCCCNc1ncnc2nc[nH]c12. The highest BCUT2D eigenvalue weighted by Crippen LogP contribution is 2.22. The zero-order chi connectivity index (χ0) is 13.0. The number of halogens is 3. The van der Waals surface area contributed by atoms with Crippen molar-refractivity contribution >= 4 is 17.0 Å². The van der Waals surface area contributed by atoms with Gasteiger partial charge in [-0.05, 0) is 12.8 Å². The molecule has 2 aromatic heterocycles. The Kier molecular flexibility index (Phi) is 3.63. The van der Waals surface area contributed by atoms with Gasteiger partial charge in [0.2, 0.25) is 0 Å². The predicted molar refractivity (Wildman–Crippen MR) is 60.1 cm³/mol. The lowest BCUT2D eigenvalue weighted by molar-refractivity contribution is -0.135. The minimum Gasteiger partial charge on any atom is -0.368 e. The standard InChI is InChI=1S/C10H12F3N5/c11-10(12,13)3-1-2-4-14-8-7-9(16-5-15-7)18-6-17-8/h5-6H,1-4H2,(H2,14,15,16,17,18). The Balaban J connectivity index is 1.82. The third kappa shape index (κ3) is 3.31. The summed E-state index contributed by atoms with van der Waals surface area (Å²) in [6, 6.07) is 0. The average molecular weight is 259 g/mol. The van der Waals surface area contributed by atoms with Crippen LogP contribution in [0.25, 0.3) is 11.2 Å². The second-order valence-corrected chi connectivity index (χ2v) is 3.82. The molecule has 5 nitrogen and oxygen atoms in total. The molecule has 0 amide bonds. The van der Waals surface area contributed by atoms with Gasteiger partial charge in [-0.2, -0.15) is 13.2 Å². The number of H-pyrrole nitrogens is 1. The summed E-state index contributed by atoms with van der Waals surface area (Å²) < 4.78 is 35.8. The molecule has 0 spiro atoms. The number of hydrogen-bond donors (Lipinski definition) is 2. The van der Waals surface area contributed by atoms with Gasteiger partial charge in [-0.25, -0.2) is 15.0 Å². The highest BCUT2D eigenvalue weighted by Gasteiger charge is 2.25. The number of nitrogens with one attached hydrogen (secondary N) is 2. The van der Waals surface area contributed by atoms with Crippen LogP contribution < -0.4 is 5.32 Å². The quantitative estimate of drug-likeness (QED) is 0.809. The van der Waals surface area contributed by atoms with Crippen molar-refractivity contribution in [1.29, 1.82) is 0 Å². The summed E-state index contributed by atoms with van der Waals surface area (Å²) in [5.41, 5.74) is 1.19. The van der Waals surface area contributed by atoms with Gasteiger partial charge in [-0.3, -0.25) is 0 Å². The smallest absolute Gasteiger partial charge is 0.368 e. The fraction of sp³-hybridized carbons (Fsp3) is 0.500. The number of aromatic amines is 1. The van der Waals surface area contributed by atoms with E-state index in [0.717, 1.165) is 0 Å². The normalized spacial score (nSPS) is 11.9. The lowest BCUT2D eigenvalue weighted by Crippen LogP contribution is -2.09. The molecule has 0 unspecified atom stereocenters. The van der Waals surface area contributed by atoms with Gasteiger partial charge in [0, 0.05) is 13.0 Å². The van der Waals surface area contributed by atoms with Crippen LogP contribution in [0.1, 0.15) is 19.3 Å². The molecule has 0 aliphatic carbocycles. The summed E-state index contributed by atoms with van der Waals surface area (Å²) in [4.78, 5) is 14.8. The fourth-order valence-electron chi connectivity index (χ4n) is 1.56. The monoisotopic (exact) mass is 259 g/mol. The highest BCUT2D eigenvalue weighted by atomic mass is 19.4. The minimum atomic E-state index is -4.08. The van der Waals surface area contributed by atoms with Crippen LogP contribution >= 0.6 is 0 Å². The first-order chi connectivity index (χ1) is 8.56. The second kappa shape index (κ2) is 5.19. The third-order valence-corrected chi connectivity index (χ3v) is 2.40. The molecule has 2 aromatic rings. The number of nitrogens with zero attached hydrogens (tertiary/aromatic N) is 3. The zero-order valence-corrected chi connectivity index (χ0v) is 9.46. The van der Waals surface area contributed by atoms with E-state index in [1.807, 2.05) is 0 Å². The van der Waals surface area contributed by atoms with Crippen LogP contribution in [0.15, 0.2) is 12.7 Å². The van der Waals surface area contributed by atoms with E-state index in [9.17, 15) is 13.2 Å².